The zero-order chi connectivity index (χ0) is 14.6. The maximum absolute atomic E-state index is 12.0. The number of carbonyl (C=O) groups is 1. The molecule has 0 saturated heterocycles. The Morgan fingerprint density at radius 1 is 1.42 bits per heavy atom. The standard InChI is InChI=1S/C15H21BrO3/c1-5-19-15(18)13(9(2)3)14(17)11-6-7-12(16)10(4)8-11/h6-9,13-14,17H,5H2,1-4H3. The lowest BCUT2D eigenvalue weighted by atomic mass is 9.86. The molecule has 0 aliphatic heterocycles. The summed E-state index contributed by atoms with van der Waals surface area (Å²) in [5, 5.41) is 10.4. The average Bonchev–Trinajstić information content (AvgIpc) is 2.32. The Bertz CT molecular complexity index is 443. The van der Waals surface area contributed by atoms with Gasteiger partial charge >= 0.3 is 5.97 Å². The summed E-state index contributed by atoms with van der Waals surface area (Å²) in [6, 6.07) is 5.61. The monoisotopic (exact) mass is 328 g/mol. The molecule has 0 aliphatic rings. The smallest absolute Gasteiger partial charge is 0.312 e. The quantitative estimate of drug-likeness (QED) is 0.839. The minimum absolute atomic E-state index is 0.0120. The van der Waals surface area contributed by atoms with Gasteiger partial charge in [0.05, 0.1) is 18.6 Å². The molecule has 1 aromatic carbocycles. The number of aryl methyl sites for hydroxylation is 1. The van der Waals surface area contributed by atoms with Gasteiger partial charge in [0.25, 0.3) is 0 Å². The van der Waals surface area contributed by atoms with Crippen molar-refractivity contribution >= 4 is 21.9 Å². The minimum Gasteiger partial charge on any atom is -0.466 e. The molecule has 1 N–H and O–H groups in total. The second kappa shape index (κ2) is 7.06. The van der Waals surface area contributed by atoms with Crippen molar-refractivity contribution in [3.8, 4) is 0 Å². The lowest BCUT2D eigenvalue weighted by molar-refractivity contribution is -0.154. The summed E-state index contributed by atoms with van der Waals surface area (Å²) in [6.07, 6.45) is -0.842. The lowest BCUT2D eigenvalue weighted by Gasteiger charge is -2.25. The number of hydrogen-bond donors (Lipinski definition) is 1. The van der Waals surface area contributed by atoms with Crippen molar-refractivity contribution in [2.45, 2.75) is 33.8 Å². The topological polar surface area (TPSA) is 46.5 Å². The summed E-state index contributed by atoms with van der Waals surface area (Å²) >= 11 is 3.42. The predicted octanol–water partition coefficient (Wildman–Crippen LogP) is 3.63. The molecule has 19 heavy (non-hydrogen) atoms. The zero-order valence-electron chi connectivity index (χ0n) is 11.8. The third kappa shape index (κ3) is 4.05. The highest BCUT2D eigenvalue weighted by Gasteiger charge is 2.32. The first-order valence-electron chi connectivity index (χ1n) is 6.49. The fourth-order valence-corrected chi connectivity index (χ4v) is 2.31. The summed E-state index contributed by atoms with van der Waals surface area (Å²) in [5.74, 6) is -0.871. The molecule has 4 heteroatoms. The highest BCUT2D eigenvalue weighted by atomic mass is 79.9. The van der Waals surface area contributed by atoms with Crippen molar-refractivity contribution < 1.29 is 14.6 Å². The van der Waals surface area contributed by atoms with Gasteiger partial charge in [0.2, 0.25) is 0 Å². The van der Waals surface area contributed by atoms with Crippen LogP contribution in [0.5, 0.6) is 0 Å². The first-order chi connectivity index (χ1) is 8.88. The van der Waals surface area contributed by atoms with E-state index in [1.54, 1.807) is 6.92 Å². The molecular weight excluding hydrogens is 308 g/mol. The van der Waals surface area contributed by atoms with E-state index in [0.717, 1.165) is 15.6 Å². The molecule has 0 radical (unpaired) electrons. The number of aliphatic hydroxyl groups is 1. The summed E-state index contributed by atoms with van der Waals surface area (Å²) in [4.78, 5) is 12.0. The molecule has 2 atom stereocenters. The normalized spacial score (nSPS) is 14.3. The van der Waals surface area contributed by atoms with E-state index in [-0.39, 0.29) is 11.9 Å². The van der Waals surface area contributed by atoms with E-state index in [2.05, 4.69) is 15.9 Å². The first kappa shape index (κ1) is 16.2. The van der Waals surface area contributed by atoms with Gasteiger partial charge in [0, 0.05) is 4.47 Å². The third-order valence-electron chi connectivity index (χ3n) is 3.14. The fraction of sp³-hybridized carbons (Fsp3) is 0.533. The van der Waals surface area contributed by atoms with Crippen LogP contribution in [0.25, 0.3) is 0 Å². The Morgan fingerprint density at radius 2 is 2.05 bits per heavy atom. The molecule has 0 amide bonds. The van der Waals surface area contributed by atoms with Crippen molar-refractivity contribution in [1.29, 1.82) is 0 Å². The number of hydrogen-bond acceptors (Lipinski definition) is 3. The fourth-order valence-electron chi connectivity index (χ4n) is 2.06. The Kier molecular flexibility index (Phi) is 6.01. The van der Waals surface area contributed by atoms with Gasteiger partial charge in [-0.25, -0.2) is 0 Å². The largest absolute Gasteiger partial charge is 0.466 e. The Morgan fingerprint density at radius 3 is 2.53 bits per heavy atom. The van der Waals surface area contributed by atoms with Crippen LogP contribution in [-0.4, -0.2) is 17.7 Å². The summed E-state index contributed by atoms with van der Waals surface area (Å²) < 4.78 is 6.04. The van der Waals surface area contributed by atoms with Crippen molar-refractivity contribution in [1.82, 2.24) is 0 Å². The summed E-state index contributed by atoms with van der Waals surface area (Å²) in [6.45, 7) is 7.88. The highest BCUT2D eigenvalue weighted by Crippen LogP contribution is 2.31. The van der Waals surface area contributed by atoms with Gasteiger partial charge < -0.3 is 9.84 Å². The van der Waals surface area contributed by atoms with Gasteiger partial charge in [-0.3, -0.25) is 4.79 Å². The highest BCUT2D eigenvalue weighted by molar-refractivity contribution is 9.10. The number of ether oxygens (including phenoxy) is 1. The van der Waals surface area contributed by atoms with Gasteiger partial charge in [-0.05, 0) is 37.0 Å². The molecule has 0 saturated carbocycles. The number of carbonyl (C=O) groups excluding carboxylic acids is 1. The van der Waals surface area contributed by atoms with Crippen molar-refractivity contribution in [2.75, 3.05) is 6.61 Å². The zero-order valence-corrected chi connectivity index (χ0v) is 13.4. The number of halogens is 1. The minimum atomic E-state index is -0.842. The van der Waals surface area contributed by atoms with E-state index in [1.807, 2.05) is 39.0 Å². The second-order valence-corrected chi connectivity index (χ2v) is 5.83. The van der Waals surface area contributed by atoms with Crippen molar-refractivity contribution in [3.63, 3.8) is 0 Å². The molecule has 0 heterocycles. The van der Waals surface area contributed by atoms with Gasteiger partial charge in [-0.1, -0.05) is 41.9 Å². The summed E-state index contributed by atoms with van der Waals surface area (Å²) in [7, 11) is 0. The van der Waals surface area contributed by atoms with Crippen LogP contribution >= 0.6 is 15.9 Å². The molecule has 0 fully saturated rings. The van der Waals surface area contributed by atoms with E-state index in [0.29, 0.717) is 6.61 Å². The van der Waals surface area contributed by atoms with Crippen LogP contribution in [0.3, 0.4) is 0 Å². The van der Waals surface area contributed by atoms with Gasteiger partial charge in [-0.15, -0.1) is 0 Å². The number of aliphatic hydroxyl groups excluding tert-OH is 1. The Balaban J connectivity index is 3.01. The van der Waals surface area contributed by atoms with E-state index >= 15 is 0 Å². The molecule has 2 unspecified atom stereocenters. The molecule has 0 aromatic heterocycles. The Hall–Kier alpha value is -0.870. The molecule has 0 aliphatic carbocycles. The van der Waals surface area contributed by atoms with Crippen molar-refractivity contribution in [2.24, 2.45) is 11.8 Å². The van der Waals surface area contributed by atoms with Crippen LogP contribution in [0.2, 0.25) is 0 Å². The van der Waals surface area contributed by atoms with Gasteiger partial charge in [0.15, 0.2) is 0 Å². The van der Waals surface area contributed by atoms with Crippen LogP contribution in [0.4, 0.5) is 0 Å². The van der Waals surface area contributed by atoms with Crippen LogP contribution in [0.15, 0.2) is 22.7 Å². The molecule has 106 valence electrons. The number of rotatable bonds is 5. The molecule has 0 spiro atoms. The van der Waals surface area contributed by atoms with Crippen LogP contribution in [0, 0.1) is 18.8 Å². The Labute approximate surface area is 123 Å². The van der Waals surface area contributed by atoms with E-state index in [4.69, 9.17) is 4.74 Å². The average molecular weight is 329 g/mol. The van der Waals surface area contributed by atoms with Crippen LogP contribution in [0.1, 0.15) is 38.0 Å². The molecule has 1 aromatic rings. The third-order valence-corrected chi connectivity index (χ3v) is 4.03. The van der Waals surface area contributed by atoms with Gasteiger partial charge in [0.1, 0.15) is 0 Å². The molecular formula is C15H21BrO3. The molecule has 3 nitrogen and oxygen atoms in total. The molecule has 0 bridgehead atoms. The second-order valence-electron chi connectivity index (χ2n) is 4.98. The lowest BCUT2D eigenvalue weighted by Crippen LogP contribution is -2.29. The van der Waals surface area contributed by atoms with Crippen LogP contribution < -0.4 is 0 Å². The first-order valence-corrected chi connectivity index (χ1v) is 7.28. The summed E-state index contributed by atoms with van der Waals surface area (Å²) in [5.41, 5.74) is 1.77. The maximum atomic E-state index is 12.0. The predicted molar refractivity (Wildman–Crippen MR) is 78.8 cm³/mol. The van der Waals surface area contributed by atoms with E-state index in [9.17, 15) is 9.90 Å². The van der Waals surface area contributed by atoms with E-state index in [1.165, 1.54) is 0 Å². The molecule has 1 rings (SSSR count). The maximum Gasteiger partial charge on any atom is 0.312 e. The van der Waals surface area contributed by atoms with Crippen molar-refractivity contribution in [3.05, 3.63) is 33.8 Å². The van der Waals surface area contributed by atoms with E-state index < -0.39 is 12.0 Å². The van der Waals surface area contributed by atoms with Gasteiger partial charge in [-0.2, -0.15) is 0 Å². The SMILES string of the molecule is CCOC(=O)C(C(C)C)C(O)c1ccc(Br)c(C)c1. The van der Waals surface area contributed by atoms with Crippen LogP contribution in [-0.2, 0) is 9.53 Å². The number of esters is 1. The number of benzene rings is 1.